The molecule has 178 valence electrons. The summed E-state index contributed by atoms with van der Waals surface area (Å²) in [5.74, 6) is 0.621. The molecule has 0 aromatic rings. The molecule has 3 fully saturated rings. The van der Waals surface area contributed by atoms with E-state index in [1.807, 2.05) is 0 Å². The molecule has 5 aliphatic rings. The molecule has 8 atom stereocenters. The molecule has 0 amide bonds. The van der Waals surface area contributed by atoms with E-state index in [9.17, 15) is 14.7 Å². The smallest absolute Gasteiger partial charge is 0.337 e. The monoisotopic (exact) mass is 444 g/mol. The lowest BCUT2D eigenvalue weighted by Gasteiger charge is -2.70. The van der Waals surface area contributed by atoms with Crippen LogP contribution in [0.2, 0.25) is 0 Å². The van der Waals surface area contributed by atoms with Gasteiger partial charge in [0.25, 0.3) is 0 Å². The Balaban J connectivity index is 1.65. The van der Waals surface area contributed by atoms with Crippen LogP contribution in [-0.4, -0.2) is 29.4 Å². The van der Waals surface area contributed by atoms with E-state index in [0.717, 1.165) is 19.3 Å². The van der Waals surface area contributed by atoms with E-state index in [1.165, 1.54) is 32.6 Å². The lowest BCUT2D eigenvalue weighted by molar-refractivity contribution is -0.225. The first-order valence-corrected chi connectivity index (χ1v) is 12.7. The highest BCUT2D eigenvalue weighted by molar-refractivity contribution is 5.94. The van der Waals surface area contributed by atoms with Crippen LogP contribution in [-0.2, 0) is 19.1 Å². The molecular formula is C27H40O5. The fraction of sp³-hybridized carbons (Fsp3) is 0.852. The highest BCUT2D eigenvalue weighted by Gasteiger charge is 2.70. The molecule has 5 heteroatoms. The molecule has 1 N–H and O–H groups in total. The molecule has 0 spiro atoms. The minimum Gasteiger partial charge on any atom is -0.462 e. The second kappa shape index (κ2) is 6.84. The number of carbonyl (C=O) groups excluding carboxylic acids is 2. The Labute approximate surface area is 192 Å². The van der Waals surface area contributed by atoms with E-state index in [-0.39, 0.29) is 28.8 Å². The van der Waals surface area contributed by atoms with Gasteiger partial charge in [0.15, 0.2) is 0 Å². The zero-order chi connectivity index (χ0) is 23.3. The van der Waals surface area contributed by atoms with E-state index in [0.29, 0.717) is 34.8 Å². The molecule has 1 aliphatic heterocycles. The standard InChI is InChI=1S/C27H40O5/c1-15(28)31-20-14-19-25(4)12-7-11-24(2,3)17(25)10-13-26(19,5)18-9-8-16-21(27(18,20)6)23(30)32-22(16)29/h17-20,22,29H,7-14H2,1-6H3/t17-,18-,19+,20+,22-,25-,26-,27+/m0/s1. The van der Waals surface area contributed by atoms with Crippen molar-refractivity contribution in [1.82, 2.24) is 0 Å². The molecule has 1 heterocycles. The summed E-state index contributed by atoms with van der Waals surface area (Å²) >= 11 is 0. The Morgan fingerprint density at radius 1 is 1.00 bits per heavy atom. The lowest BCUT2D eigenvalue weighted by Crippen LogP contribution is -2.66. The van der Waals surface area contributed by atoms with Crippen LogP contribution in [0.25, 0.3) is 0 Å². The minimum absolute atomic E-state index is 0.0659. The van der Waals surface area contributed by atoms with E-state index in [4.69, 9.17) is 9.47 Å². The molecule has 0 aromatic heterocycles. The fourth-order valence-electron chi connectivity index (χ4n) is 9.95. The first-order chi connectivity index (χ1) is 14.9. The molecule has 0 saturated heterocycles. The first kappa shape index (κ1) is 22.4. The number of hydrogen-bond donors (Lipinski definition) is 1. The number of esters is 2. The molecule has 0 aromatic carbocycles. The topological polar surface area (TPSA) is 72.8 Å². The van der Waals surface area contributed by atoms with E-state index in [2.05, 4.69) is 34.6 Å². The Bertz CT molecular complexity index is 888. The number of cyclic esters (lactones) is 1. The predicted octanol–water partition coefficient (Wildman–Crippen LogP) is 5.16. The van der Waals surface area contributed by atoms with Gasteiger partial charge in [-0.3, -0.25) is 4.79 Å². The second-order valence-corrected chi connectivity index (χ2v) is 12.9. The van der Waals surface area contributed by atoms with Crippen molar-refractivity contribution in [2.24, 2.45) is 39.4 Å². The van der Waals surface area contributed by atoms with E-state index >= 15 is 0 Å². The van der Waals surface area contributed by atoms with Crippen molar-refractivity contribution in [1.29, 1.82) is 0 Å². The third-order valence-corrected chi connectivity index (χ3v) is 11.1. The molecule has 5 nitrogen and oxygen atoms in total. The highest BCUT2D eigenvalue weighted by Crippen LogP contribution is 2.73. The van der Waals surface area contributed by atoms with E-state index in [1.54, 1.807) is 0 Å². The van der Waals surface area contributed by atoms with Gasteiger partial charge in [0.2, 0.25) is 6.29 Å². The summed E-state index contributed by atoms with van der Waals surface area (Å²) in [6.45, 7) is 13.4. The van der Waals surface area contributed by atoms with Gasteiger partial charge in [0, 0.05) is 17.9 Å². The number of fused-ring (bicyclic) bond motifs is 6. The quantitative estimate of drug-likeness (QED) is 0.566. The molecule has 0 radical (unpaired) electrons. The van der Waals surface area contributed by atoms with Gasteiger partial charge in [0.1, 0.15) is 6.10 Å². The zero-order valence-corrected chi connectivity index (χ0v) is 20.6. The maximum Gasteiger partial charge on any atom is 0.337 e. The Kier molecular flexibility index (Phi) is 4.79. The summed E-state index contributed by atoms with van der Waals surface area (Å²) in [4.78, 5) is 25.2. The van der Waals surface area contributed by atoms with Crippen molar-refractivity contribution in [3.63, 3.8) is 0 Å². The van der Waals surface area contributed by atoms with Crippen molar-refractivity contribution in [2.45, 2.75) is 105 Å². The van der Waals surface area contributed by atoms with Gasteiger partial charge in [-0.05, 0) is 78.9 Å². The summed E-state index contributed by atoms with van der Waals surface area (Å²) in [5.41, 5.74) is 1.30. The second-order valence-electron chi connectivity index (χ2n) is 12.9. The van der Waals surface area contributed by atoms with Gasteiger partial charge in [-0.2, -0.15) is 0 Å². The van der Waals surface area contributed by atoms with Crippen LogP contribution in [0, 0.1) is 39.4 Å². The van der Waals surface area contributed by atoms with Crippen LogP contribution in [0.3, 0.4) is 0 Å². The molecule has 0 bridgehead atoms. The van der Waals surface area contributed by atoms with Crippen LogP contribution in [0.4, 0.5) is 0 Å². The Morgan fingerprint density at radius 3 is 2.38 bits per heavy atom. The summed E-state index contributed by atoms with van der Waals surface area (Å²) in [5, 5.41) is 10.4. The Hall–Kier alpha value is -1.36. The van der Waals surface area contributed by atoms with Gasteiger partial charge in [-0.25, -0.2) is 4.79 Å². The lowest BCUT2D eigenvalue weighted by atomic mass is 9.35. The van der Waals surface area contributed by atoms with Crippen molar-refractivity contribution >= 4 is 11.9 Å². The zero-order valence-electron chi connectivity index (χ0n) is 20.6. The molecular weight excluding hydrogens is 404 g/mol. The van der Waals surface area contributed by atoms with Crippen molar-refractivity contribution in [3.8, 4) is 0 Å². The Morgan fingerprint density at radius 2 is 1.69 bits per heavy atom. The van der Waals surface area contributed by atoms with Crippen molar-refractivity contribution < 1.29 is 24.2 Å². The maximum absolute atomic E-state index is 13.0. The van der Waals surface area contributed by atoms with Crippen LogP contribution in [0.15, 0.2) is 11.1 Å². The fourth-order valence-corrected chi connectivity index (χ4v) is 9.95. The average Bonchev–Trinajstić information content (AvgIpc) is 2.97. The number of carbonyl (C=O) groups is 2. The third kappa shape index (κ3) is 2.72. The highest BCUT2D eigenvalue weighted by atomic mass is 16.6. The van der Waals surface area contributed by atoms with Gasteiger partial charge >= 0.3 is 11.9 Å². The van der Waals surface area contributed by atoms with Gasteiger partial charge in [0.05, 0.1) is 5.57 Å². The molecule has 32 heavy (non-hydrogen) atoms. The minimum atomic E-state index is -1.15. The van der Waals surface area contributed by atoms with Gasteiger partial charge < -0.3 is 14.6 Å². The number of aliphatic hydroxyl groups excluding tert-OH is 1. The van der Waals surface area contributed by atoms with E-state index < -0.39 is 17.7 Å². The van der Waals surface area contributed by atoms with Crippen LogP contribution in [0.1, 0.15) is 92.9 Å². The third-order valence-electron chi connectivity index (χ3n) is 11.1. The summed E-state index contributed by atoms with van der Waals surface area (Å²) in [6.07, 6.45) is 6.98. The molecule has 4 aliphatic carbocycles. The number of ether oxygens (including phenoxy) is 2. The predicted molar refractivity (Wildman–Crippen MR) is 120 cm³/mol. The SMILES string of the molecule is CC(=O)O[C@@H]1C[C@@H]2[C@@]3(C)CCCC(C)(C)[C@@H]3CC[C@@]2(C)[C@@H]2CCC3=C(C(=O)O[C@@H]3O)[C@@]12C. The molecule has 5 rings (SSSR count). The maximum atomic E-state index is 13.0. The number of aliphatic hydroxyl groups is 1. The van der Waals surface area contributed by atoms with Crippen LogP contribution in [0.5, 0.6) is 0 Å². The summed E-state index contributed by atoms with van der Waals surface area (Å²) in [6, 6.07) is 0. The largest absolute Gasteiger partial charge is 0.462 e. The number of rotatable bonds is 1. The molecule has 0 unspecified atom stereocenters. The number of hydrogen-bond acceptors (Lipinski definition) is 5. The van der Waals surface area contributed by atoms with Crippen molar-refractivity contribution in [2.75, 3.05) is 0 Å². The van der Waals surface area contributed by atoms with Crippen LogP contribution < -0.4 is 0 Å². The van der Waals surface area contributed by atoms with Gasteiger partial charge in [-0.1, -0.05) is 41.0 Å². The summed E-state index contributed by atoms with van der Waals surface area (Å²) in [7, 11) is 0. The van der Waals surface area contributed by atoms with Gasteiger partial charge in [-0.15, -0.1) is 0 Å². The van der Waals surface area contributed by atoms with Crippen LogP contribution >= 0.6 is 0 Å². The van der Waals surface area contributed by atoms with Crippen molar-refractivity contribution in [3.05, 3.63) is 11.1 Å². The summed E-state index contributed by atoms with van der Waals surface area (Å²) < 4.78 is 11.3. The first-order valence-electron chi connectivity index (χ1n) is 12.7. The average molecular weight is 445 g/mol. The molecule has 3 saturated carbocycles. The normalized spacial score (nSPS) is 49.3.